The lowest BCUT2D eigenvalue weighted by Crippen LogP contribution is -2.13. The van der Waals surface area contributed by atoms with Crippen molar-refractivity contribution in [2.45, 2.75) is 13.0 Å². The van der Waals surface area contributed by atoms with Crippen molar-refractivity contribution in [3.63, 3.8) is 0 Å². The average Bonchev–Trinajstić information content (AvgIpc) is 2.38. The summed E-state index contributed by atoms with van der Waals surface area (Å²) in [5.41, 5.74) is 6.04. The van der Waals surface area contributed by atoms with E-state index in [2.05, 4.69) is 20.3 Å². The summed E-state index contributed by atoms with van der Waals surface area (Å²) in [5.74, 6) is -0.0216. The van der Waals surface area contributed by atoms with Crippen LogP contribution in [0.5, 0.6) is 6.01 Å². The van der Waals surface area contributed by atoms with Crippen LogP contribution >= 0.6 is 0 Å². The molecule has 0 radical (unpaired) electrons. The SMILES string of the molecule is COc1nc(N)nc(NC(C)c2ccccc2F)n1. The van der Waals surface area contributed by atoms with Gasteiger partial charge in [0.05, 0.1) is 13.2 Å². The molecule has 2 rings (SSSR count). The smallest absolute Gasteiger partial charge is 0.322 e. The van der Waals surface area contributed by atoms with Crippen molar-refractivity contribution in [3.8, 4) is 6.01 Å². The molecule has 0 spiro atoms. The third-order valence-electron chi connectivity index (χ3n) is 2.53. The van der Waals surface area contributed by atoms with E-state index >= 15 is 0 Å². The summed E-state index contributed by atoms with van der Waals surface area (Å²) in [4.78, 5) is 11.7. The van der Waals surface area contributed by atoms with Gasteiger partial charge in [-0.2, -0.15) is 15.0 Å². The molecule has 0 aliphatic heterocycles. The van der Waals surface area contributed by atoms with Crippen LogP contribution in [-0.4, -0.2) is 22.1 Å². The lowest BCUT2D eigenvalue weighted by atomic mass is 10.1. The Kier molecular flexibility index (Phi) is 3.74. The quantitative estimate of drug-likeness (QED) is 0.874. The number of halogens is 1. The normalized spacial score (nSPS) is 11.9. The molecule has 0 fully saturated rings. The average molecular weight is 263 g/mol. The second-order valence-corrected chi connectivity index (χ2v) is 3.89. The van der Waals surface area contributed by atoms with E-state index in [0.29, 0.717) is 5.56 Å². The second-order valence-electron chi connectivity index (χ2n) is 3.89. The molecule has 6 nitrogen and oxygen atoms in total. The van der Waals surface area contributed by atoms with E-state index in [1.807, 2.05) is 0 Å². The molecule has 0 saturated heterocycles. The largest absolute Gasteiger partial charge is 0.467 e. The summed E-state index contributed by atoms with van der Waals surface area (Å²) in [7, 11) is 1.43. The number of nitrogen functional groups attached to an aromatic ring is 1. The van der Waals surface area contributed by atoms with E-state index in [1.54, 1.807) is 25.1 Å². The number of nitrogens with two attached hydrogens (primary N) is 1. The molecular formula is C12H14FN5O. The Hall–Kier alpha value is -2.44. The summed E-state index contributed by atoms with van der Waals surface area (Å²) in [6.07, 6.45) is 0. The van der Waals surface area contributed by atoms with Crippen LogP contribution < -0.4 is 15.8 Å². The Morgan fingerprint density at radius 2 is 2.00 bits per heavy atom. The number of hydrogen-bond acceptors (Lipinski definition) is 6. The molecule has 0 saturated carbocycles. The molecule has 1 aromatic carbocycles. The molecule has 2 aromatic rings. The summed E-state index contributed by atoms with van der Waals surface area (Å²) in [6.45, 7) is 1.80. The highest BCUT2D eigenvalue weighted by molar-refractivity contribution is 5.36. The zero-order valence-corrected chi connectivity index (χ0v) is 10.6. The standard InChI is InChI=1S/C12H14FN5O/c1-7(8-5-3-4-6-9(8)13)15-11-16-10(14)17-12(18-11)19-2/h3-7H,1-2H3,(H3,14,15,16,17,18). The van der Waals surface area contributed by atoms with Crippen LogP contribution in [0.25, 0.3) is 0 Å². The van der Waals surface area contributed by atoms with E-state index in [9.17, 15) is 4.39 Å². The van der Waals surface area contributed by atoms with E-state index in [4.69, 9.17) is 10.5 Å². The van der Waals surface area contributed by atoms with Gasteiger partial charge in [0.2, 0.25) is 11.9 Å². The van der Waals surface area contributed by atoms with Gasteiger partial charge in [-0.15, -0.1) is 0 Å². The number of hydrogen-bond donors (Lipinski definition) is 2. The van der Waals surface area contributed by atoms with Crippen LogP contribution in [0.1, 0.15) is 18.5 Å². The molecule has 1 atom stereocenters. The highest BCUT2D eigenvalue weighted by Crippen LogP contribution is 2.20. The molecular weight excluding hydrogens is 249 g/mol. The minimum atomic E-state index is -0.312. The van der Waals surface area contributed by atoms with E-state index in [1.165, 1.54) is 13.2 Å². The molecule has 3 N–H and O–H groups in total. The predicted octanol–water partition coefficient (Wildman–Crippen LogP) is 1.77. The summed E-state index contributed by atoms with van der Waals surface area (Å²) in [5, 5.41) is 2.95. The van der Waals surface area contributed by atoms with Crippen molar-refractivity contribution in [1.29, 1.82) is 0 Å². The Bertz CT molecular complexity index is 578. The summed E-state index contributed by atoms with van der Waals surface area (Å²) in [6, 6.07) is 6.28. The first-order valence-corrected chi connectivity index (χ1v) is 5.66. The third-order valence-corrected chi connectivity index (χ3v) is 2.53. The van der Waals surface area contributed by atoms with Crippen molar-refractivity contribution < 1.29 is 9.13 Å². The third kappa shape index (κ3) is 3.06. The molecule has 0 aliphatic rings. The number of methoxy groups -OCH3 is 1. The van der Waals surface area contributed by atoms with Crippen LogP contribution in [0, 0.1) is 5.82 Å². The van der Waals surface area contributed by atoms with Crippen molar-refractivity contribution in [2.75, 3.05) is 18.2 Å². The van der Waals surface area contributed by atoms with Crippen LogP contribution in [0.2, 0.25) is 0 Å². The van der Waals surface area contributed by atoms with Crippen LogP contribution in [0.15, 0.2) is 24.3 Å². The number of nitrogens with zero attached hydrogens (tertiary/aromatic N) is 3. The number of rotatable bonds is 4. The fraction of sp³-hybridized carbons (Fsp3) is 0.250. The van der Waals surface area contributed by atoms with Crippen molar-refractivity contribution in [1.82, 2.24) is 15.0 Å². The van der Waals surface area contributed by atoms with Gasteiger partial charge in [0.25, 0.3) is 0 Å². The number of nitrogens with one attached hydrogen (secondary N) is 1. The molecule has 19 heavy (non-hydrogen) atoms. The number of anilines is 2. The number of ether oxygens (including phenoxy) is 1. The van der Waals surface area contributed by atoms with Gasteiger partial charge < -0.3 is 15.8 Å². The predicted molar refractivity (Wildman–Crippen MR) is 69.2 cm³/mol. The van der Waals surface area contributed by atoms with Gasteiger partial charge in [-0.05, 0) is 13.0 Å². The van der Waals surface area contributed by atoms with Gasteiger partial charge in [-0.1, -0.05) is 18.2 Å². The summed E-state index contributed by atoms with van der Waals surface area (Å²) < 4.78 is 18.5. The van der Waals surface area contributed by atoms with Gasteiger partial charge in [-0.3, -0.25) is 0 Å². The fourth-order valence-electron chi connectivity index (χ4n) is 1.63. The van der Waals surface area contributed by atoms with E-state index in [0.717, 1.165) is 0 Å². The maximum atomic E-state index is 13.6. The zero-order valence-electron chi connectivity index (χ0n) is 10.6. The lowest BCUT2D eigenvalue weighted by Gasteiger charge is -2.15. The molecule has 100 valence electrons. The van der Waals surface area contributed by atoms with Crippen molar-refractivity contribution >= 4 is 11.9 Å². The fourth-order valence-corrected chi connectivity index (χ4v) is 1.63. The van der Waals surface area contributed by atoms with Crippen molar-refractivity contribution in [3.05, 3.63) is 35.6 Å². The Labute approximate surface area is 109 Å². The topological polar surface area (TPSA) is 86.0 Å². The minimum absolute atomic E-state index is 0.0371. The van der Waals surface area contributed by atoms with Crippen LogP contribution in [0.3, 0.4) is 0 Å². The lowest BCUT2D eigenvalue weighted by molar-refractivity contribution is 0.379. The molecule has 0 bridgehead atoms. The first-order chi connectivity index (χ1) is 9.10. The van der Waals surface area contributed by atoms with Crippen molar-refractivity contribution in [2.24, 2.45) is 0 Å². The van der Waals surface area contributed by atoms with Gasteiger partial charge >= 0.3 is 6.01 Å². The molecule has 0 amide bonds. The maximum absolute atomic E-state index is 13.6. The number of benzene rings is 1. The molecule has 1 unspecified atom stereocenters. The highest BCUT2D eigenvalue weighted by atomic mass is 19.1. The first kappa shape index (κ1) is 13.0. The monoisotopic (exact) mass is 263 g/mol. The minimum Gasteiger partial charge on any atom is -0.467 e. The van der Waals surface area contributed by atoms with Gasteiger partial charge in [-0.25, -0.2) is 4.39 Å². The van der Waals surface area contributed by atoms with Crippen LogP contribution in [0.4, 0.5) is 16.3 Å². The maximum Gasteiger partial charge on any atom is 0.322 e. The van der Waals surface area contributed by atoms with E-state index in [-0.39, 0.29) is 29.8 Å². The van der Waals surface area contributed by atoms with Gasteiger partial charge in [0.15, 0.2) is 0 Å². The molecule has 0 aliphatic carbocycles. The highest BCUT2D eigenvalue weighted by Gasteiger charge is 2.12. The zero-order chi connectivity index (χ0) is 13.8. The van der Waals surface area contributed by atoms with Gasteiger partial charge in [0, 0.05) is 5.56 Å². The molecule has 7 heteroatoms. The van der Waals surface area contributed by atoms with E-state index < -0.39 is 0 Å². The Balaban J connectivity index is 2.21. The molecule has 1 heterocycles. The molecule has 1 aromatic heterocycles. The van der Waals surface area contributed by atoms with Crippen LogP contribution in [-0.2, 0) is 0 Å². The second kappa shape index (κ2) is 5.47. The first-order valence-electron chi connectivity index (χ1n) is 5.66. The number of aromatic nitrogens is 3. The van der Waals surface area contributed by atoms with Gasteiger partial charge in [0.1, 0.15) is 5.82 Å². The Morgan fingerprint density at radius 1 is 1.26 bits per heavy atom. The summed E-state index contributed by atoms with van der Waals surface area (Å²) >= 11 is 0. The Morgan fingerprint density at radius 3 is 2.68 bits per heavy atom.